The zero-order valence-corrected chi connectivity index (χ0v) is 14.6. The van der Waals surface area contributed by atoms with Crippen molar-refractivity contribution in [3.05, 3.63) is 45.2 Å². The molecule has 1 aromatic carbocycles. The number of carbonyl (C=O) groups excluding carboxylic acids is 1. The quantitative estimate of drug-likeness (QED) is 0.876. The highest BCUT2D eigenvalue weighted by Gasteiger charge is 2.16. The van der Waals surface area contributed by atoms with Crippen molar-refractivity contribution in [3.8, 4) is 0 Å². The van der Waals surface area contributed by atoms with E-state index < -0.39 is 0 Å². The summed E-state index contributed by atoms with van der Waals surface area (Å²) >= 11 is 11.8. The fourth-order valence-corrected chi connectivity index (χ4v) is 2.61. The first-order valence-electron chi connectivity index (χ1n) is 7.06. The normalized spacial score (nSPS) is 12.3. The average molecular weight is 340 g/mol. The van der Waals surface area contributed by atoms with Gasteiger partial charge >= 0.3 is 0 Å². The van der Waals surface area contributed by atoms with E-state index in [-0.39, 0.29) is 11.9 Å². The number of rotatable bonds is 4. The third-order valence-electron chi connectivity index (χ3n) is 3.79. The number of halogens is 2. The first-order chi connectivity index (χ1) is 10.3. The van der Waals surface area contributed by atoms with Crippen molar-refractivity contribution in [1.82, 2.24) is 9.78 Å². The van der Waals surface area contributed by atoms with E-state index in [4.69, 9.17) is 23.2 Å². The molecule has 1 N–H and O–H groups in total. The Balaban J connectivity index is 2.04. The summed E-state index contributed by atoms with van der Waals surface area (Å²) in [7, 11) is 0. The van der Waals surface area contributed by atoms with Crippen LogP contribution in [0.2, 0.25) is 10.0 Å². The molecule has 0 spiro atoms. The van der Waals surface area contributed by atoms with Gasteiger partial charge in [0.1, 0.15) is 0 Å². The van der Waals surface area contributed by atoms with Gasteiger partial charge in [0.15, 0.2) is 0 Å². The summed E-state index contributed by atoms with van der Waals surface area (Å²) in [4.78, 5) is 12.2. The Labute approximate surface area is 140 Å². The molecule has 0 saturated heterocycles. The second-order valence-corrected chi connectivity index (χ2v) is 6.28. The van der Waals surface area contributed by atoms with Crippen molar-refractivity contribution in [2.75, 3.05) is 5.32 Å². The van der Waals surface area contributed by atoms with Gasteiger partial charge in [0.2, 0.25) is 5.91 Å². The molecule has 6 heteroatoms. The number of aryl methyl sites for hydroxylation is 1. The van der Waals surface area contributed by atoms with Gasteiger partial charge in [-0.15, -0.1) is 0 Å². The molecule has 0 unspecified atom stereocenters. The molecular weight excluding hydrogens is 321 g/mol. The highest BCUT2D eigenvalue weighted by Crippen LogP contribution is 2.25. The average Bonchev–Trinajstić information content (AvgIpc) is 2.70. The number of hydrogen-bond donors (Lipinski definition) is 1. The molecule has 0 radical (unpaired) electrons. The van der Waals surface area contributed by atoms with E-state index in [1.54, 1.807) is 18.2 Å². The molecule has 0 saturated carbocycles. The monoisotopic (exact) mass is 339 g/mol. The van der Waals surface area contributed by atoms with E-state index in [9.17, 15) is 4.79 Å². The molecule has 1 amide bonds. The van der Waals surface area contributed by atoms with Crippen LogP contribution in [-0.4, -0.2) is 15.7 Å². The van der Waals surface area contributed by atoms with Crippen molar-refractivity contribution >= 4 is 34.8 Å². The summed E-state index contributed by atoms with van der Waals surface area (Å²) in [5, 5.41) is 8.20. The van der Waals surface area contributed by atoms with Crippen LogP contribution in [0.4, 0.5) is 5.69 Å². The van der Waals surface area contributed by atoms with E-state index in [0.29, 0.717) is 22.2 Å². The Kier molecular flexibility index (Phi) is 5.14. The summed E-state index contributed by atoms with van der Waals surface area (Å²) in [6.07, 6.45) is 0.335. The summed E-state index contributed by atoms with van der Waals surface area (Å²) in [6.45, 7) is 8.01. The second kappa shape index (κ2) is 6.71. The molecule has 2 rings (SSSR count). The molecule has 2 aromatic rings. The van der Waals surface area contributed by atoms with Crippen LogP contribution in [-0.2, 0) is 4.79 Å². The minimum atomic E-state index is -0.0869. The molecule has 1 aromatic heterocycles. The molecule has 118 valence electrons. The lowest BCUT2D eigenvalue weighted by Crippen LogP contribution is -2.19. The smallest absolute Gasteiger partial charge is 0.226 e. The third kappa shape index (κ3) is 3.62. The molecule has 1 heterocycles. The number of nitrogens with one attached hydrogen (secondary N) is 1. The van der Waals surface area contributed by atoms with Crippen LogP contribution in [0.5, 0.6) is 0 Å². The SMILES string of the molecule is Cc1nn([C@@H](C)CC(=O)Nc2ccc(Cl)c(Cl)c2)c(C)c1C. The molecular formula is C16H19Cl2N3O. The van der Waals surface area contributed by atoms with Gasteiger partial charge in [-0.1, -0.05) is 23.2 Å². The van der Waals surface area contributed by atoms with Gasteiger partial charge in [0.05, 0.1) is 21.8 Å². The number of carbonyl (C=O) groups is 1. The Morgan fingerprint density at radius 2 is 1.95 bits per heavy atom. The highest BCUT2D eigenvalue weighted by atomic mass is 35.5. The van der Waals surface area contributed by atoms with E-state index in [1.165, 1.54) is 0 Å². The Hall–Kier alpha value is -1.52. The van der Waals surface area contributed by atoms with Crippen molar-refractivity contribution in [1.29, 1.82) is 0 Å². The lowest BCUT2D eigenvalue weighted by molar-refractivity contribution is -0.116. The number of hydrogen-bond acceptors (Lipinski definition) is 2. The molecule has 0 aliphatic rings. The lowest BCUT2D eigenvalue weighted by Gasteiger charge is -2.14. The maximum atomic E-state index is 12.2. The number of amides is 1. The van der Waals surface area contributed by atoms with E-state index in [2.05, 4.69) is 10.4 Å². The molecule has 22 heavy (non-hydrogen) atoms. The van der Waals surface area contributed by atoms with Crippen molar-refractivity contribution in [2.45, 2.75) is 40.2 Å². The predicted molar refractivity (Wildman–Crippen MR) is 90.9 cm³/mol. The van der Waals surface area contributed by atoms with Crippen molar-refractivity contribution in [3.63, 3.8) is 0 Å². The zero-order chi connectivity index (χ0) is 16.4. The Bertz CT molecular complexity index is 710. The van der Waals surface area contributed by atoms with Gasteiger partial charge in [-0.3, -0.25) is 9.48 Å². The second-order valence-electron chi connectivity index (χ2n) is 5.47. The zero-order valence-electron chi connectivity index (χ0n) is 13.1. The van der Waals surface area contributed by atoms with Crippen LogP contribution in [0.1, 0.15) is 36.3 Å². The largest absolute Gasteiger partial charge is 0.326 e. The Morgan fingerprint density at radius 3 is 2.50 bits per heavy atom. The summed E-state index contributed by atoms with van der Waals surface area (Å²) in [5.74, 6) is -0.0869. The molecule has 0 bridgehead atoms. The predicted octanol–water partition coefficient (Wildman–Crippen LogP) is 4.70. The number of benzene rings is 1. The first kappa shape index (κ1) is 16.8. The lowest BCUT2D eigenvalue weighted by atomic mass is 10.2. The fraction of sp³-hybridized carbons (Fsp3) is 0.375. The maximum Gasteiger partial charge on any atom is 0.226 e. The van der Waals surface area contributed by atoms with Gasteiger partial charge in [0, 0.05) is 17.8 Å². The van der Waals surface area contributed by atoms with Gasteiger partial charge < -0.3 is 5.32 Å². The molecule has 0 aliphatic heterocycles. The highest BCUT2D eigenvalue weighted by molar-refractivity contribution is 6.42. The number of aromatic nitrogens is 2. The van der Waals surface area contributed by atoms with Crippen LogP contribution in [0.15, 0.2) is 18.2 Å². The van der Waals surface area contributed by atoms with Crippen molar-refractivity contribution in [2.24, 2.45) is 0 Å². The van der Waals surface area contributed by atoms with Crippen LogP contribution < -0.4 is 5.32 Å². The van der Waals surface area contributed by atoms with Crippen LogP contribution in [0.3, 0.4) is 0 Å². The van der Waals surface area contributed by atoms with Gasteiger partial charge in [-0.05, 0) is 51.5 Å². The Morgan fingerprint density at radius 1 is 1.27 bits per heavy atom. The number of nitrogens with zero attached hydrogens (tertiary/aromatic N) is 2. The van der Waals surface area contributed by atoms with Crippen LogP contribution in [0.25, 0.3) is 0 Å². The van der Waals surface area contributed by atoms with E-state index >= 15 is 0 Å². The summed E-state index contributed by atoms with van der Waals surface area (Å²) < 4.78 is 1.90. The van der Waals surface area contributed by atoms with Gasteiger partial charge in [-0.2, -0.15) is 5.10 Å². The van der Waals surface area contributed by atoms with Gasteiger partial charge in [-0.25, -0.2) is 0 Å². The van der Waals surface area contributed by atoms with Gasteiger partial charge in [0.25, 0.3) is 0 Å². The van der Waals surface area contributed by atoms with E-state index in [0.717, 1.165) is 17.0 Å². The standard InChI is InChI=1S/C16H19Cl2N3O/c1-9(21-12(4)10(2)11(3)20-21)7-16(22)19-13-5-6-14(17)15(18)8-13/h5-6,8-9H,7H2,1-4H3,(H,19,22)/t9-/m0/s1. The fourth-order valence-electron chi connectivity index (χ4n) is 2.32. The van der Waals surface area contributed by atoms with Crippen LogP contribution in [0, 0.1) is 20.8 Å². The first-order valence-corrected chi connectivity index (χ1v) is 7.82. The molecule has 1 atom stereocenters. The minimum absolute atomic E-state index is 0.0184. The molecule has 0 fully saturated rings. The summed E-state index contributed by atoms with van der Waals surface area (Å²) in [5.41, 5.74) is 3.88. The maximum absolute atomic E-state index is 12.2. The molecule has 4 nitrogen and oxygen atoms in total. The topological polar surface area (TPSA) is 46.9 Å². The summed E-state index contributed by atoms with van der Waals surface area (Å²) in [6, 6.07) is 5.01. The number of anilines is 1. The molecule has 0 aliphatic carbocycles. The third-order valence-corrected chi connectivity index (χ3v) is 4.53. The van der Waals surface area contributed by atoms with E-state index in [1.807, 2.05) is 32.4 Å². The van der Waals surface area contributed by atoms with Crippen LogP contribution >= 0.6 is 23.2 Å². The minimum Gasteiger partial charge on any atom is -0.326 e. The van der Waals surface area contributed by atoms with Crippen molar-refractivity contribution < 1.29 is 4.79 Å².